The first-order valence-electron chi connectivity index (χ1n) is 11.7. The number of sulfonamides is 1. The molecular formula is C22H34N4O4S2. The fourth-order valence-corrected chi connectivity index (χ4v) is 7.82. The van der Waals surface area contributed by atoms with Crippen LogP contribution in [0.2, 0.25) is 0 Å². The quantitative estimate of drug-likeness (QED) is 0.557. The minimum absolute atomic E-state index is 0.0704. The summed E-state index contributed by atoms with van der Waals surface area (Å²) in [5, 5.41) is 7.59. The molecule has 4 rings (SSSR count). The summed E-state index contributed by atoms with van der Waals surface area (Å²) < 4.78 is 27.5. The molecule has 1 aromatic heterocycles. The maximum atomic E-state index is 12.8. The molecule has 32 heavy (non-hydrogen) atoms. The van der Waals surface area contributed by atoms with Gasteiger partial charge in [0, 0.05) is 38.6 Å². The number of likely N-dealkylation sites (tertiary alicyclic amines) is 1. The molecule has 1 aromatic rings. The van der Waals surface area contributed by atoms with Crippen molar-refractivity contribution in [3.8, 4) is 0 Å². The molecule has 1 spiro atoms. The van der Waals surface area contributed by atoms with Crippen molar-refractivity contribution in [1.82, 2.24) is 19.8 Å². The minimum Gasteiger partial charge on any atom is -0.342 e. The molecule has 0 aromatic carbocycles. The molecule has 3 fully saturated rings. The van der Waals surface area contributed by atoms with Crippen molar-refractivity contribution in [1.29, 1.82) is 0 Å². The van der Waals surface area contributed by atoms with Crippen molar-refractivity contribution in [2.45, 2.75) is 74.6 Å². The molecule has 4 heterocycles. The summed E-state index contributed by atoms with van der Waals surface area (Å²) in [5.41, 5.74) is 0.0704. The Morgan fingerprint density at radius 1 is 1.16 bits per heavy atom. The van der Waals surface area contributed by atoms with Gasteiger partial charge in [-0.25, -0.2) is 13.2 Å². The third-order valence-corrected chi connectivity index (χ3v) is 10.6. The van der Waals surface area contributed by atoms with Crippen molar-refractivity contribution in [3.63, 3.8) is 0 Å². The number of nitrogens with one attached hydrogen (secondary N) is 2. The van der Waals surface area contributed by atoms with Gasteiger partial charge in [-0.1, -0.05) is 18.9 Å². The number of amides is 3. The Bertz CT molecular complexity index is 910. The number of carbonyl (C=O) groups is 2. The molecule has 0 bridgehead atoms. The molecule has 3 amide bonds. The SMILES string of the molecule is CC1NC(=O)NC1CCCCCC(=O)N1CCC2(CCN(S(=O)(=O)c3cccs3)CC2)C1. The predicted molar refractivity (Wildman–Crippen MR) is 124 cm³/mol. The van der Waals surface area contributed by atoms with Crippen molar-refractivity contribution in [2.24, 2.45) is 5.41 Å². The average Bonchev–Trinajstić information content (AvgIpc) is 3.50. The molecule has 3 aliphatic heterocycles. The third-order valence-electron chi connectivity index (χ3n) is 7.35. The molecule has 2 N–H and O–H groups in total. The molecule has 8 nitrogen and oxygen atoms in total. The molecule has 0 aliphatic carbocycles. The maximum Gasteiger partial charge on any atom is 0.315 e. The molecule has 2 atom stereocenters. The predicted octanol–water partition coefficient (Wildman–Crippen LogP) is 2.77. The zero-order chi connectivity index (χ0) is 22.8. The van der Waals surface area contributed by atoms with E-state index in [2.05, 4.69) is 10.6 Å². The van der Waals surface area contributed by atoms with E-state index in [4.69, 9.17) is 0 Å². The lowest BCUT2D eigenvalue weighted by molar-refractivity contribution is -0.130. The van der Waals surface area contributed by atoms with Gasteiger partial charge in [0.25, 0.3) is 10.0 Å². The number of hydrogen-bond acceptors (Lipinski definition) is 5. The van der Waals surface area contributed by atoms with E-state index in [1.54, 1.807) is 21.8 Å². The third kappa shape index (κ3) is 5.12. The van der Waals surface area contributed by atoms with Crippen LogP contribution in [0.15, 0.2) is 21.7 Å². The lowest BCUT2D eigenvalue weighted by Crippen LogP contribution is -2.44. The normalized spacial score (nSPS) is 25.8. The van der Waals surface area contributed by atoms with Crippen LogP contribution in [0.4, 0.5) is 4.79 Å². The van der Waals surface area contributed by atoms with E-state index in [-0.39, 0.29) is 29.4 Å². The lowest BCUT2D eigenvalue weighted by atomic mass is 9.78. The van der Waals surface area contributed by atoms with Gasteiger partial charge in [0.1, 0.15) is 4.21 Å². The van der Waals surface area contributed by atoms with Gasteiger partial charge in [-0.3, -0.25) is 4.79 Å². The van der Waals surface area contributed by atoms with Crippen molar-refractivity contribution < 1.29 is 18.0 Å². The van der Waals surface area contributed by atoms with E-state index in [1.807, 2.05) is 11.8 Å². The van der Waals surface area contributed by atoms with Gasteiger partial charge in [0.15, 0.2) is 0 Å². The van der Waals surface area contributed by atoms with Gasteiger partial charge in [0.2, 0.25) is 5.91 Å². The Hall–Kier alpha value is -1.65. The van der Waals surface area contributed by atoms with Gasteiger partial charge in [-0.15, -0.1) is 11.3 Å². The number of rotatable bonds is 8. The van der Waals surface area contributed by atoms with Crippen molar-refractivity contribution >= 4 is 33.3 Å². The van der Waals surface area contributed by atoms with Gasteiger partial charge < -0.3 is 15.5 Å². The summed E-state index contributed by atoms with van der Waals surface area (Å²) in [4.78, 5) is 26.0. The maximum absolute atomic E-state index is 12.8. The van der Waals surface area contributed by atoms with Crippen LogP contribution < -0.4 is 10.6 Å². The minimum atomic E-state index is -3.38. The van der Waals surface area contributed by atoms with Gasteiger partial charge in [-0.2, -0.15) is 4.31 Å². The van der Waals surface area contributed by atoms with E-state index in [1.165, 1.54) is 11.3 Å². The van der Waals surface area contributed by atoms with Gasteiger partial charge in [-0.05, 0) is 55.9 Å². The monoisotopic (exact) mass is 482 g/mol. The molecule has 0 saturated carbocycles. The molecule has 3 aliphatic rings. The number of carbonyl (C=O) groups excluding carboxylic acids is 2. The topological polar surface area (TPSA) is 98.8 Å². The molecule has 10 heteroatoms. The number of thiophene rings is 1. The summed E-state index contributed by atoms with van der Waals surface area (Å²) >= 11 is 1.27. The average molecular weight is 483 g/mol. The largest absolute Gasteiger partial charge is 0.342 e. The van der Waals surface area contributed by atoms with Crippen LogP contribution in [0.3, 0.4) is 0 Å². The Morgan fingerprint density at radius 2 is 1.91 bits per heavy atom. The van der Waals surface area contributed by atoms with Crippen molar-refractivity contribution in [3.05, 3.63) is 17.5 Å². The summed E-state index contributed by atoms with van der Waals surface area (Å²) in [6.45, 7) is 4.63. The molecule has 178 valence electrons. The number of unbranched alkanes of at least 4 members (excludes halogenated alkanes) is 2. The number of nitrogens with zero attached hydrogens (tertiary/aromatic N) is 2. The van der Waals surface area contributed by atoms with Crippen LogP contribution >= 0.6 is 11.3 Å². The highest BCUT2D eigenvalue weighted by Gasteiger charge is 2.44. The van der Waals surface area contributed by atoms with Gasteiger partial charge >= 0.3 is 6.03 Å². The number of urea groups is 1. The van der Waals surface area contributed by atoms with E-state index in [9.17, 15) is 18.0 Å². The Morgan fingerprint density at radius 3 is 2.56 bits per heavy atom. The summed E-state index contributed by atoms with van der Waals surface area (Å²) in [5.74, 6) is 0.222. The second-order valence-electron chi connectivity index (χ2n) is 9.51. The van der Waals surface area contributed by atoms with Crippen LogP contribution in [-0.4, -0.2) is 67.8 Å². The smallest absolute Gasteiger partial charge is 0.315 e. The number of hydrogen-bond donors (Lipinski definition) is 2. The van der Waals surface area contributed by atoms with Crippen LogP contribution in [-0.2, 0) is 14.8 Å². The first-order chi connectivity index (χ1) is 15.3. The van der Waals surface area contributed by atoms with Crippen molar-refractivity contribution in [2.75, 3.05) is 26.2 Å². The van der Waals surface area contributed by atoms with Crippen LogP contribution in [0.25, 0.3) is 0 Å². The van der Waals surface area contributed by atoms with E-state index in [0.29, 0.717) is 23.7 Å². The van der Waals surface area contributed by atoms with Crippen LogP contribution in [0.5, 0.6) is 0 Å². The zero-order valence-corrected chi connectivity index (χ0v) is 20.3. The Labute approximate surface area is 194 Å². The van der Waals surface area contributed by atoms with Crippen LogP contribution in [0.1, 0.15) is 58.3 Å². The Balaban J connectivity index is 1.17. The van der Waals surface area contributed by atoms with E-state index < -0.39 is 10.0 Å². The highest BCUT2D eigenvalue weighted by atomic mass is 32.2. The first-order valence-corrected chi connectivity index (χ1v) is 14.0. The summed E-state index contributed by atoms with van der Waals surface area (Å²) in [6.07, 6.45) is 6.98. The van der Waals surface area contributed by atoms with Gasteiger partial charge in [0.05, 0.1) is 6.04 Å². The molecule has 3 saturated heterocycles. The molecular weight excluding hydrogens is 448 g/mol. The highest BCUT2D eigenvalue weighted by molar-refractivity contribution is 7.91. The standard InChI is InChI=1S/C22H34N4O4S2/c1-17-18(24-21(28)23-17)6-3-2-4-7-19(27)25-12-9-22(16-25)10-13-26(14-11-22)32(29,30)20-8-5-15-31-20/h5,8,15,17-18H,2-4,6-7,9-14,16H2,1H3,(H2,23,24,28). The van der Waals surface area contributed by atoms with E-state index >= 15 is 0 Å². The molecule has 0 radical (unpaired) electrons. The first kappa shape index (κ1) is 23.5. The highest BCUT2D eigenvalue weighted by Crippen LogP contribution is 2.42. The van der Waals surface area contributed by atoms with E-state index in [0.717, 1.165) is 58.0 Å². The summed E-state index contributed by atoms with van der Waals surface area (Å²) in [7, 11) is -3.38. The molecule has 2 unspecified atom stereocenters. The fourth-order valence-electron chi connectivity index (χ4n) is 5.23. The second kappa shape index (κ2) is 9.69. The Kier molecular flexibility index (Phi) is 7.11. The number of piperidine rings is 1. The fraction of sp³-hybridized carbons (Fsp3) is 0.727. The zero-order valence-electron chi connectivity index (χ0n) is 18.7. The second-order valence-corrected chi connectivity index (χ2v) is 12.6. The summed E-state index contributed by atoms with van der Waals surface area (Å²) in [6, 6.07) is 3.70. The van der Waals surface area contributed by atoms with Crippen LogP contribution in [0, 0.1) is 5.41 Å². The lowest BCUT2D eigenvalue weighted by Gasteiger charge is -2.38.